The summed E-state index contributed by atoms with van der Waals surface area (Å²) in [5.74, 6) is 0.265. The average molecular weight is 362 g/mol. The first-order valence-electron chi connectivity index (χ1n) is 8.60. The van der Waals surface area contributed by atoms with Gasteiger partial charge in [-0.25, -0.2) is 8.42 Å². The quantitative estimate of drug-likeness (QED) is 0.746. The predicted octanol–water partition coefficient (Wildman–Crippen LogP) is 2.98. The van der Waals surface area contributed by atoms with Crippen molar-refractivity contribution >= 4 is 9.84 Å². The Bertz CT molecular complexity index is 730. The number of benzene rings is 2. The normalized spacial score (nSPS) is 13.3. The largest absolute Gasteiger partial charge is 0.395 e. The van der Waals surface area contributed by atoms with E-state index in [1.165, 1.54) is 0 Å². The maximum Gasteiger partial charge on any atom is 0.179 e. The third-order valence-corrected chi connectivity index (χ3v) is 6.11. The van der Waals surface area contributed by atoms with Crippen molar-refractivity contribution in [1.82, 2.24) is 4.90 Å². The van der Waals surface area contributed by atoms with E-state index >= 15 is 0 Å². The van der Waals surface area contributed by atoms with Gasteiger partial charge in [0.15, 0.2) is 9.84 Å². The van der Waals surface area contributed by atoms with E-state index in [1.54, 1.807) is 30.3 Å². The van der Waals surface area contributed by atoms with Crippen molar-refractivity contribution in [3.8, 4) is 0 Å². The molecule has 0 heterocycles. The van der Waals surface area contributed by atoms with Crippen LogP contribution >= 0.6 is 0 Å². The van der Waals surface area contributed by atoms with Crippen molar-refractivity contribution < 1.29 is 13.5 Å². The molecule has 0 unspecified atom stereocenters. The first-order valence-corrected chi connectivity index (χ1v) is 10.3. The Labute approximate surface area is 151 Å². The molecule has 0 saturated heterocycles. The molecule has 25 heavy (non-hydrogen) atoms. The number of sulfone groups is 1. The molecular weight excluding hydrogens is 334 g/mol. The minimum atomic E-state index is -3.34. The molecule has 136 valence electrons. The SMILES string of the molecule is CC(C)[C@@H](CO)N(CCS(=O)(=O)c1ccccc1)Cc1ccccc1. The maximum atomic E-state index is 12.6. The molecule has 1 N–H and O–H groups in total. The van der Waals surface area contributed by atoms with E-state index in [4.69, 9.17) is 0 Å². The zero-order valence-corrected chi connectivity index (χ0v) is 15.7. The molecule has 2 aromatic rings. The molecule has 0 aliphatic rings. The molecule has 0 radical (unpaired) electrons. The third-order valence-electron chi connectivity index (χ3n) is 4.40. The fourth-order valence-electron chi connectivity index (χ4n) is 2.91. The average Bonchev–Trinajstić information content (AvgIpc) is 2.61. The van der Waals surface area contributed by atoms with E-state index in [1.807, 2.05) is 44.2 Å². The van der Waals surface area contributed by atoms with Gasteiger partial charge in [0.05, 0.1) is 17.3 Å². The first kappa shape index (κ1) is 19.6. The summed E-state index contributed by atoms with van der Waals surface area (Å²) < 4.78 is 25.2. The number of aliphatic hydroxyl groups excluding tert-OH is 1. The molecule has 0 saturated carbocycles. The Hall–Kier alpha value is -1.69. The molecule has 1 atom stereocenters. The highest BCUT2D eigenvalue weighted by Gasteiger charge is 2.24. The van der Waals surface area contributed by atoms with Gasteiger partial charge in [0.2, 0.25) is 0 Å². The number of rotatable bonds is 9. The molecule has 0 aliphatic heterocycles. The summed E-state index contributed by atoms with van der Waals surface area (Å²) in [5, 5.41) is 9.80. The molecule has 2 rings (SSSR count). The van der Waals surface area contributed by atoms with Crippen LogP contribution in [0.15, 0.2) is 65.6 Å². The summed E-state index contributed by atoms with van der Waals surface area (Å²) >= 11 is 0. The Morgan fingerprint density at radius 1 is 0.960 bits per heavy atom. The molecule has 0 aromatic heterocycles. The van der Waals surface area contributed by atoms with Gasteiger partial charge in [-0.3, -0.25) is 4.90 Å². The Balaban J connectivity index is 2.15. The molecule has 4 nitrogen and oxygen atoms in total. The number of nitrogens with zero attached hydrogens (tertiary/aromatic N) is 1. The van der Waals surface area contributed by atoms with Gasteiger partial charge in [-0.1, -0.05) is 62.4 Å². The fourth-order valence-corrected chi connectivity index (χ4v) is 4.19. The lowest BCUT2D eigenvalue weighted by atomic mass is 10.0. The molecular formula is C20H27NO3S. The Morgan fingerprint density at radius 3 is 2.04 bits per heavy atom. The van der Waals surface area contributed by atoms with Crippen LogP contribution in [0.4, 0.5) is 0 Å². The van der Waals surface area contributed by atoms with Crippen LogP contribution in [0.25, 0.3) is 0 Å². The fraction of sp³-hybridized carbons (Fsp3) is 0.400. The van der Waals surface area contributed by atoms with Gasteiger partial charge < -0.3 is 5.11 Å². The zero-order chi connectivity index (χ0) is 18.3. The van der Waals surface area contributed by atoms with Gasteiger partial charge in [0.1, 0.15) is 0 Å². The lowest BCUT2D eigenvalue weighted by Crippen LogP contribution is -2.43. The van der Waals surface area contributed by atoms with Gasteiger partial charge in [-0.2, -0.15) is 0 Å². The van der Waals surface area contributed by atoms with Gasteiger partial charge >= 0.3 is 0 Å². The van der Waals surface area contributed by atoms with E-state index in [-0.39, 0.29) is 24.3 Å². The maximum absolute atomic E-state index is 12.6. The Kier molecular flexibility index (Phi) is 7.17. The van der Waals surface area contributed by atoms with Crippen molar-refractivity contribution in [2.45, 2.75) is 31.3 Å². The van der Waals surface area contributed by atoms with E-state index in [0.29, 0.717) is 18.0 Å². The van der Waals surface area contributed by atoms with Crippen LogP contribution in [-0.2, 0) is 16.4 Å². The summed E-state index contributed by atoms with van der Waals surface area (Å²) in [4.78, 5) is 2.42. The molecule has 2 aromatic carbocycles. The standard InChI is InChI=1S/C20H27NO3S/c1-17(2)20(16-22)21(15-18-9-5-3-6-10-18)13-14-25(23,24)19-11-7-4-8-12-19/h3-12,17,20,22H,13-16H2,1-2H3/t20-/m1/s1. The van der Waals surface area contributed by atoms with Gasteiger partial charge in [0, 0.05) is 19.1 Å². The smallest absolute Gasteiger partial charge is 0.179 e. The number of hydrogen-bond donors (Lipinski definition) is 1. The van der Waals surface area contributed by atoms with Crippen molar-refractivity contribution in [1.29, 1.82) is 0 Å². The highest BCUT2D eigenvalue weighted by Crippen LogP contribution is 2.17. The van der Waals surface area contributed by atoms with Gasteiger partial charge in [-0.15, -0.1) is 0 Å². The van der Waals surface area contributed by atoms with Crippen LogP contribution in [0.1, 0.15) is 19.4 Å². The molecule has 5 heteroatoms. The van der Waals surface area contributed by atoms with E-state index in [0.717, 1.165) is 5.56 Å². The molecule has 0 amide bonds. The van der Waals surface area contributed by atoms with Gasteiger partial charge in [-0.05, 0) is 23.6 Å². The minimum Gasteiger partial charge on any atom is -0.395 e. The lowest BCUT2D eigenvalue weighted by Gasteiger charge is -2.33. The van der Waals surface area contributed by atoms with Crippen LogP contribution < -0.4 is 0 Å². The monoisotopic (exact) mass is 361 g/mol. The highest BCUT2D eigenvalue weighted by atomic mass is 32.2. The van der Waals surface area contributed by atoms with Crippen LogP contribution in [-0.4, -0.2) is 43.4 Å². The minimum absolute atomic E-state index is 0.00981. The van der Waals surface area contributed by atoms with E-state index < -0.39 is 9.84 Å². The van der Waals surface area contributed by atoms with Crippen LogP contribution in [0.3, 0.4) is 0 Å². The van der Waals surface area contributed by atoms with Crippen molar-refractivity contribution in [3.05, 3.63) is 66.2 Å². The highest BCUT2D eigenvalue weighted by molar-refractivity contribution is 7.91. The van der Waals surface area contributed by atoms with Crippen LogP contribution in [0.5, 0.6) is 0 Å². The number of hydrogen-bond acceptors (Lipinski definition) is 4. The second kappa shape index (κ2) is 9.13. The van der Waals surface area contributed by atoms with Crippen LogP contribution in [0.2, 0.25) is 0 Å². The summed E-state index contributed by atoms with van der Waals surface area (Å²) in [5.41, 5.74) is 1.11. The molecule has 0 spiro atoms. The summed E-state index contributed by atoms with van der Waals surface area (Å²) in [6, 6.07) is 18.4. The van der Waals surface area contributed by atoms with E-state index in [2.05, 4.69) is 4.90 Å². The molecule has 0 aliphatic carbocycles. The predicted molar refractivity (Wildman–Crippen MR) is 101 cm³/mol. The third kappa shape index (κ3) is 5.66. The van der Waals surface area contributed by atoms with Crippen LogP contribution in [0, 0.1) is 5.92 Å². The summed E-state index contributed by atoms with van der Waals surface area (Å²) in [6.07, 6.45) is 0. The Morgan fingerprint density at radius 2 is 1.52 bits per heavy atom. The topological polar surface area (TPSA) is 57.6 Å². The second-order valence-corrected chi connectivity index (χ2v) is 8.69. The van der Waals surface area contributed by atoms with E-state index in [9.17, 15) is 13.5 Å². The summed E-state index contributed by atoms with van der Waals surface area (Å²) in [7, 11) is -3.34. The first-order chi connectivity index (χ1) is 11.9. The van der Waals surface area contributed by atoms with Gasteiger partial charge in [0.25, 0.3) is 0 Å². The zero-order valence-electron chi connectivity index (χ0n) is 14.9. The lowest BCUT2D eigenvalue weighted by molar-refractivity contribution is 0.0900. The number of aliphatic hydroxyl groups is 1. The molecule has 0 fully saturated rings. The summed E-state index contributed by atoms with van der Waals surface area (Å²) in [6.45, 7) is 5.11. The van der Waals surface area contributed by atoms with Crippen molar-refractivity contribution in [3.63, 3.8) is 0 Å². The second-order valence-electron chi connectivity index (χ2n) is 6.58. The molecule has 0 bridgehead atoms. The van der Waals surface area contributed by atoms with Crippen molar-refractivity contribution in [2.24, 2.45) is 5.92 Å². The van der Waals surface area contributed by atoms with Crippen molar-refractivity contribution in [2.75, 3.05) is 18.9 Å².